The van der Waals surface area contributed by atoms with Gasteiger partial charge in [0.15, 0.2) is 0 Å². The minimum Gasteiger partial charge on any atom is -0.337 e. The van der Waals surface area contributed by atoms with Crippen LogP contribution in [0.3, 0.4) is 0 Å². The molecule has 2 unspecified atom stereocenters. The molecule has 0 bridgehead atoms. The second-order valence-corrected chi connectivity index (χ2v) is 5.42. The highest BCUT2D eigenvalue weighted by Crippen LogP contribution is 2.39. The Morgan fingerprint density at radius 3 is 2.76 bits per heavy atom. The van der Waals surface area contributed by atoms with Crippen molar-refractivity contribution in [2.24, 2.45) is 11.7 Å². The van der Waals surface area contributed by atoms with Gasteiger partial charge < -0.3 is 11.1 Å². The summed E-state index contributed by atoms with van der Waals surface area (Å²) in [6.07, 6.45) is 3.03. The predicted molar refractivity (Wildman–Crippen MR) is 63.9 cm³/mol. The van der Waals surface area contributed by atoms with Crippen LogP contribution in [0.5, 0.6) is 0 Å². The first-order valence-corrected chi connectivity index (χ1v) is 6.23. The van der Waals surface area contributed by atoms with Crippen LogP contribution >= 0.6 is 0 Å². The van der Waals surface area contributed by atoms with E-state index >= 15 is 0 Å². The summed E-state index contributed by atoms with van der Waals surface area (Å²) in [5.74, 6) is 0.271. The molecule has 0 spiro atoms. The van der Waals surface area contributed by atoms with Crippen LogP contribution in [0.15, 0.2) is 0 Å². The summed E-state index contributed by atoms with van der Waals surface area (Å²) in [5, 5.41) is 12.0. The average Bonchev–Trinajstić information content (AvgIpc) is 3.04. The number of nitrogens with two attached hydrogens (primary N) is 1. The highest BCUT2D eigenvalue weighted by molar-refractivity contribution is 5.79. The van der Waals surface area contributed by atoms with Crippen molar-refractivity contribution in [1.29, 1.82) is 5.26 Å². The van der Waals surface area contributed by atoms with Crippen molar-refractivity contribution >= 4 is 5.91 Å². The third-order valence-electron chi connectivity index (χ3n) is 3.70. The Hall–Kier alpha value is -1.12. The highest BCUT2D eigenvalue weighted by Gasteiger charge is 2.43. The second kappa shape index (κ2) is 4.63. The van der Waals surface area contributed by atoms with Gasteiger partial charge in [-0.2, -0.15) is 5.26 Å². The van der Waals surface area contributed by atoms with Crippen molar-refractivity contribution in [3.05, 3.63) is 0 Å². The largest absolute Gasteiger partial charge is 0.337 e. The summed E-state index contributed by atoms with van der Waals surface area (Å²) >= 11 is 0. The van der Waals surface area contributed by atoms with E-state index in [0.29, 0.717) is 12.5 Å². The van der Waals surface area contributed by atoms with Crippen LogP contribution in [0, 0.1) is 17.2 Å². The molecule has 2 fully saturated rings. The van der Waals surface area contributed by atoms with Crippen molar-refractivity contribution < 1.29 is 4.79 Å². The van der Waals surface area contributed by atoms with Crippen LogP contribution in [-0.2, 0) is 4.79 Å². The first kappa shape index (κ1) is 12.3. The maximum Gasteiger partial charge on any atom is 0.235 e. The first-order chi connectivity index (χ1) is 8.03. The van der Waals surface area contributed by atoms with Crippen molar-refractivity contribution in [3.8, 4) is 6.07 Å². The molecule has 1 saturated carbocycles. The Balaban J connectivity index is 1.82. The van der Waals surface area contributed by atoms with E-state index in [9.17, 15) is 4.79 Å². The molecule has 1 aliphatic carbocycles. The molecule has 2 rings (SSSR count). The molecular weight excluding hydrogens is 216 g/mol. The Morgan fingerprint density at radius 1 is 1.59 bits per heavy atom. The van der Waals surface area contributed by atoms with Gasteiger partial charge in [-0.1, -0.05) is 0 Å². The van der Waals surface area contributed by atoms with Gasteiger partial charge in [0, 0.05) is 19.1 Å². The number of carbonyl (C=O) groups is 1. The second-order valence-electron chi connectivity index (χ2n) is 5.42. The predicted octanol–water partition coefficient (Wildman–Crippen LogP) is -0.172. The fourth-order valence-corrected chi connectivity index (χ4v) is 2.42. The van der Waals surface area contributed by atoms with Gasteiger partial charge >= 0.3 is 0 Å². The lowest BCUT2D eigenvalue weighted by atomic mass is 9.98. The SMILES string of the molecule is CC(C#N)(NC(=O)CN1CCC(N)C1)C1CC1. The molecule has 0 aromatic heterocycles. The molecule has 5 nitrogen and oxygen atoms in total. The summed E-state index contributed by atoms with van der Waals surface area (Å²) in [6.45, 7) is 3.83. The van der Waals surface area contributed by atoms with Crippen LogP contribution in [0.4, 0.5) is 0 Å². The molecule has 0 radical (unpaired) electrons. The van der Waals surface area contributed by atoms with Gasteiger partial charge in [0.1, 0.15) is 5.54 Å². The van der Waals surface area contributed by atoms with Crippen LogP contribution in [0.25, 0.3) is 0 Å². The van der Waals surface area contributed by atoms with E-state index in [2.05, 4.69) is 11.4 Å². The number of hydrogen-bond acceptors (Lipinski definition) is 4. The number of hydrogen-bond donors (Lipinski definition) is 2. The fourth-order valence-electron chi connectivity index (χ4n) is 2.42. The molecular formula is C12H20N4O. The zero-order valence-electron chi connectivity index (χ0n) is 10.3. The Morgan fingerprint density at radius 2 is 2.29 bits per heavy atom. The molecule has 17 heavy (non-hydrogen) atoms. The lowest BCUT2D eigenvalue weighted by molar-refractivity contribution is -0.123. The van der Waals surface area contributed by atoms with Gasteiger partial charge in [0.05, 0.1) is 12.6 Å². The molecule has 3 N–H and O–H groups in total. The number of likely N-dealkylation sites (tertiary alicyclic amines) is 1. The average molecular weight is 236 g/mol. The minimum absolute atomic E-state index is 0.0601. The number of nitriles is 1. The third-order valence-corrected chi connectivity index (χ3v) is 3.70. The van der Waals surface area contributed by atoms with Crippen molar-refractivity contribution in [2.45, 2.75) is 37.8 Å². The van der Waals surface area contributed by atoms with Gasteiger partial charge in [0.25, 0.3) is 0 Å². The van der Waals surface area contributed by atoms with E-state index < -0.39 is 5.54 Å². The Labute approximate surface area is 102 Å². The zero-order chi connectivity index (χ0) is 12.5. The van der Waals surface area contributed by atoms with E-state index in [4.69, 9.17) is 11.0 Å². The number of nitrogens with zero attached hydrogens (tertiary/aromatic N) is 2. The van der Waals surface area contributed by atoms with Crippen molar-refractivity contribution in [2.75, 3.05) is 19.6 Å². The monoisotopic (exact) mass is 236 g/mol. The van der Waals surface area contributed by atoms with Crippen molar-refractivity contribution in [3.63, 3.8) is 0 Å². The molecule has 1 heterocycles. The molecule has 2 aliphatic rings. The lowest BCUT2D eigenvalue weighted by Gasteiger charge is -2.24. The van der Waals surface area contributed by atoms with Gasteiger partial charge in [-0.15, -0.1) is 0 Å². The fraction of sp³-hybridized carbons (Fsp3) is 0.833. The number of carbonyl (C=O) groups excluding carboxylic acids is 1. The molecule has 1 saturated heterocycles. The summed E-state index contributed by atoms with van der Waals surface area (Å²) in [6, 6.07) is 2.42. The van der Waals surface area contributed by atoms with E-state index in [1.54, 1.807) is 0 Å². The molecule has 94 valence electrons. The maximum atomic E-state index is 11.9. The molecule has 1 amide bonds. The van der Waals surface area contributed by atoms with E-state index in [1.807, 2.05) is 11.8 Å². The highest BCUT2D eigenvalue weighted by atomic mass is 16.2. The third kappa shape index (κ3) is 2.96. The quantitative estimate of drug-likeness (QED) is 0.710. The van der Waals surface area contributed by atoms with Gasteiger partial charge in [-0.25, -0.2) is 0 Å². The molecule has 0 aromatic rings. The maximum absolute atomic E-state index is 11.9. The molecule has 2 atom stereocenters. The van der Waals surface area contributed by atoms with E-state index in [0.717, 1.165) is 32.4 Å². The van der Waals surface area contributed by atoms with E-state index in [-0.39, 0.29) is 11.9 Å². The lowest BCUT2D eigenvalue weighted by Crippen LogP contribution is -2.50. The smallest absolute Gasteiger partial charge is 0.235 e. The Kier molecular flexibility index (Phi) is 3.36. The summed E-state index contributed by atoms with van der Waals surface area (Å²) in [7, 11) is 0. The minimum atomic E-state index is -0.682. The zero-order valence-corrected chi connectivity index (χ0v) is 10.3. The van der Waals surface area contributed by atoms with Crippen LogP contribution in [-0.4, -0.2) is 42.0 Å². The summed E-state index contributed by atoms with van der Waals surface area (Å²) in [4.78, 5) is 13.9. The molecule has 5 heteroatoms. The van der Waals surface area contributed by atoms with Gasteiger partial charge in [-0.05, 0) is 32.1 Å². The molecule has 1 aliphatic heterocycles. The standard InChI is InChI=1S/C12H20N4O/c1-12(8-13,9-2-3-9)15-11(17)7-16-5-4-10(14)6-16/h9-10H,2-7,14H2,1H3,(H,15,17). The van der Waals surface area contributed by atoms with E-state index in [1.165, 1.54) is 0 Å². The number of amides is 1. The Bertz CT molecular complexity index is 347. The normalized spacial score (nSPS) is 28.4. The van der Waals surface area contributed by atoms with Crippen molar-refractivity contribution in [1.82, 2.24) is 10.2 Å². The summed E-state index contributed by atoms with van der Waals surface area (Å²) < 4.78 is 0. The summed E-state index contributed by atoms with van der Waals surface area (Å²) in [5.41, 5.74) is 5.11. The van der Waals surface area contributed by atoms with Crippen LogP contribution in [0.1, 0.15) is 26.2 Å². The topological polar surface area (TPSA) is 82.2 Å². The van der Waals surface area contributed by atoms with Crippen LogP contribution < -0.4 is 11.1 Å². The van der Waals surface area contributed by atoms with Crippen LogP contribution in [0.2, 0.25) is 0 Å². The number of rotatable bonds is 4. The first-order valence-electron chi connectivity index (χ1n) is 6.23. The number of nitrogens with one attached hydrogen (secondary N) is 1. The molecule has 0 aromatic carbocycles. The van der Waals surface area contributed by atoms with Gasteiger partial charge in [-0.3, -0.25) is 9.69 Å². The van der Waals surface area contributed by atoms with Gasteiger partial charge in [0.2, 0.25) is 5.91 Å².